The molecule has 0 unspecified atom stereocenters. The van der Waals surface area contributed by atoms with Crippen molar-refractivity contribution >= 4 is 29.4 Å². The lowest BCUT2D eigenvalue weighted by Gasteiger charge is -2.11. The number of hydrogen-bond acceptors (Lipinski definition) is 4. The van der Waals surface area contributed by atoms with E-state index >= 15 is 0 Å². The molecule has 0 saturated heterocycles. The van der Waals surface area contributed by atoms with Crippen molar-refractivity contribution in [3.63, 3.8) is 0 Å². The summed E-state index contributed by atoms with van der Waals surface area (Å²) in [7, 11) is 1.72. The monoisotopic (exact) mass is 371 g/mol. The van der Waals surface area contributed by atoms with Crippen LogP contribution in [0, 0.1) is 6.92 Å². The highest BCUT2D eigenvalue weighted by Gasteiger charge is 2.04. The molecule has 0 spiro atoms. The van der Waals surface area contributed by atoms with Crippen LogP contribution in [0.3, 0.4) is 0 Å². The number of guanidine groups is 1. The first kappa shape index (κ1) is 19.8. The molecular weight excluding hydrogens is 346 g/mol. The molecule has 0 radical (unpaired) electrons. The number of benzene rings is 1. The molecule has 0 aliphatic rings. The summed E-state index contributed by atoms with van der Waals surface area (Å²) in [5.74, 6) is 2.13. The number of carbonyl (C=O) groups is 1. The Kier molecular flexibility index (Phi) is 8.48. The van der Waals surface area contributed by atoms with E-state index in [1.165, 1.54) is 4.90 Å². The van der Waals surface area contributed by atoms with Gasteiger partial charge in [-0.15, -0.1) is 11.8 Å². The number of hydrogen-bond donors (Lipinski definition) is 3. The maximum absolute atomic E-state index is 12.0. The van der Waals surface area contributed by atoms with Gasteiger partial charge >= 0.3 is 0 Å². The number of thioether (sulfide) groups is 1. The Morgan fingerprint density at radius 2 is 1.85 bits per heavy atom. The standard InChI is InChI=1S/C19H25N5OS/c1-15-7-6-10-17(23-15)24-18(25)11-12-21-19(20-2)22-13-14-26-16-8-4-3-5-9-16/h3-10H,11-14H2,1-2H3,(H2,20,21,22)(H,23,24,25). The summed E-state index contributed by atoms with van der Waals surface area (Å²) < 4.78 is 0. The Labute approximate surface area is 158 Å². The first-order chi connectivity index (χ1) is 12.7. The van der Waals surface area contributed by atoms with Crippen molar-refractivity contribution in [2.24, 2.45) is 4.99 Å². The number of nitrogens with zero attached hydrogens (tertiary/aromatic N) is 2. The third-order valence-electron chi connectivity index (χ3n) is 3.43. The number of aliphatic imine (C=N–C) groups is 1. The summed E-state index contributed by atoms with van der Waals surface area (Å²) in [6.45, 7) is 3.19. The molecule has 1 aromatic heterocycles. The summed E-state index contributed by atoms with van der Waals surface area (Å²) >= 11 is 1.79. The molecule has 1 heterocycles. The number of anilines is 1. The van der Waals surface area contributed by atoms with Gasteiger partial charge in [0.25, 0.3) is 0 Å². The number of pyridine rings is 1. The van der Waals surface area contributed by atoms with E-state index < -0.39 is 0 Å². The van der Waals surface area contributed by atoms with Crippen LogP contribution in [-0.2, 0) is 4.79 Å². The molecule has 0 saturated carbocycles. The molecular formula is C19H25N5OS. The third kappa shape index (κ3) is 7.57. The molecule has 138 valence electrons. The Hall–Kier alpha value is -2.54. The van der Waals surface area contributed by atoms with E-state index in [-0.39, 0.29) is 5.91 Å². The lowest BCUT2D eigenvalue weighted by molar-refractivity contribution is -0.116. The zero-order chi connectivity index (χ0) is 18.6. The molecule has 0 aliphatic heterocycles. The minimum Gasteiger partial charge on any atom is -0.356 e. The van der Waals surface area contributed by atoms with Gasteiger partial charge in [0.15, 0.2) is 5.96 Å². The topological polar surface area (TPSA) is 78.4 Å². The molecule has 0 atom stereocenters. The van der Waals surface area contributed by atoms with E-state index in [0.29, 0.717) is 24.7 Å². The molecule has 2 aromatic rings. The van der Waals surface area contributed by atoms with Crippen LogP contribution in [0.4, 0.5) is 5.82 Å². The largest absolute Gasteiger partial charge is 0.356 e. The zero-order valence-electron chi connectivity index (χ0n) is 15.2. The van der Waals surface area contributed by atoms with E-state index in [4.69, 9.17) is 0 Å². The molecule has 3 N–H and O–H groups in total. The predicted octanol–water partition coefficient (Wildman–Crippen LogP) is 2.68. The van der Waals surface area contributed by atoms with E-state index in [0.717, 1.165) is 18.0 Å². The third-order valence-corrected chi connectivity index (χ3v) is 4.44. The molecule has 2 rings (SSSR count). The fourth-order valence-electron chi connectivity index (χ4n) is 2.19. The van der Waals surface area contributed by atoms with Gasteiger partial charge in [0, 0.05) is 42.9 Å². The van der Waals surface area contributed by atoms with Gasteiger partial charge in [-0.1, -0.05) is 24.3 Å². The highest BCUT2D eigenvalue weighted by Crippen LogP contribution is 2.15. The lowest BCUT2D eigenvalue weighted by Crippen LogP contribution is -2.39. The summed E-state index contributed by atoms with van der Waals surface area (Å²) in [6.07, 6.45) is 0.342. The molecule has 26 heavy (non-hydrogen) atoms. The van der Waals surface area contributed by atoms with Gasteiger partial charge in [-0.05, 0) is 31.2 Å². The van der Waals surface area contributed by atoms with Crippen LogP contribution in [0.5, 0.6) is 0 Å². The fourth-order valence-corrected chi connectivity index (χ4v) is 2.98. The summed E-state index contributed by atoms with van der Waals surface area (Å²) in [6, 6.07) is 15.8. The first-order valence-electron chi connectivity index (χ1n) is 8.53. The van der Waals surface area contributed by atoms with Crippen LogP contribution in [0.15, 0.2) is 58.4 Å². The van der Waals surface area contributed by atoms with Gasteiger partial charge in [-0.25, -0.2) is 4.98 Å². The van der Waals surface area contributed by atoms with Crippen molar-refractivity contribution in [1.29, 1.82) is 0 Å². The second-order valence-corrected chi connectivity index (χ2v) is 6.72. The first-order valence-corrected chi connectivity index (χ1v) is 9.52. The van der Waals surface area contributed by atoms with E-state index in [2.05, 4.69) is 38.1 Å². The highest BCUT2D eigenvalue weighted by molar-refractivity contribution is 7.99. The number of carbonyl (C=O) groups excluding carboxylic acids is 1. The second kappa shape index (κ2) is 11.1. The number of rotatable bonds is 8. The van der Waals surface area contributed by atoms with Crippen molar-refractivity contribution in [1.82, 2.24) is 15.6 Å². The van der Waals surface area contributed by atoms with E-state index in [1.807, 2.05) is 37.3 Å². The van der Waals surface area contributed by atoms with Crippen molar-refractivity contribution < 1.29 is 4.79 Å². The smallest absolute Gasteiger partial charge is 0.227 e. The average molecular weight is 372 g/mol. The number of amides is 1. The van der Waals surface area contributed by atoms with Gasteiger partial charge in [0.2, 0.25) is 5.91 Å². The molecule has 0 fully saturated rings. The van der Waals surface area contributed by atoms with Crippen LogP contribution in [0.2, 0.25) is 0 Å². The molecule has 6 nitrogen and oxygen atoms in total. The van der Waals surface area contributed by atoms with Gasteiger partial charge < -0.3 is 16.0 Å². The molecule has 7 heteroatoms. The molecule has 1 aromatic carbocycles. The average Bonchev–Trinajstić information content (AvgIpc) is 2.64. The number of aromatic nitrogens is 1. The Balaban J connectivity index is 1.61. The molecule has 0 aliphatic carbocycles. The van der Waals surface area contributed by atoms with Crippen molar-refractivity contribution in [2.75, 3.05) is 31.2 Å². The molecule has 1 amide bonds. The lowest BCUT2D eigenvalue weighted by atomic mass is 10.3. The van der Waals surface area contributed by atoms with Gasteiger partial charge in [-0.3, -0.25) is 9.79 Å². The van der Waals surface area contributed by atoms with Gasteiger partial charge in [-0.2, -0.15) is 0 Å². The van der Waals surface area contributed by atoms with E-state index in [1.54, 1.807) is 24.9 Å². The van der Waals surface area contributed by atoms with Crippen molar-refractivity contribution in [3.8, 4) is 0 Å². The normalized spacial score (nSPS) is 11.1. The fraction of sp³-hybridized carbons (Fsp3) is 0.316. The maximum atomic E-state index is 12.0. The number of nitrogens with one attached hydrogen (secondary N) is 3. The second-order valence-electron chi connectivity index (χ2n) is 5.55. The van der Waals surface area contributed by atoms with Gasteiger partial charge in [0.1, 0.15) is 5.82 Å². The Morgan fingerprint density at radius 3 is 2.58 bits per heavy atom. The van der Waals surface area contributed by atoms with Crippen molar-refractivity contribution in [2.45, 2.75) is 18.2 Å². The van der Waals surface area contributed by atoms with Crippen LogP contribution < -0.4 is 16.0 Å². The maximum Gasteiger partial charge on any atom is 0.227 e. The Morgan fingerprint density at radius 1 is 1.08 bits per heavy atom. The minimum atomic E-state index is -0.0781. The summed E-state index contributed by atoms with van der Waals surface area (Å²) in [5.41, 5.74) is 0.874. The van der Waals surface area contributed by atoms with Crippen LogP contribution in [0.1, 0.15) is 12.1 Å². The number of aryl methyl sites for hydroxylation is 1. The quantitative estimate of drug-likeness (QED) is 0.288. The van der Waals surface area contributed by atoms with E-state index in [9.17, 15) is 4.79 Å². The Bertz CT molecular complexity index is 721. The SMILES string of the molecule is CN=C(NCCSc1ccccc1)NCCC(=O)Nc1cccc(C)n1. The highest BCUT2D eigenvalue weighted by atomic mass is 32.2. The van der Waals surface area contributed by atoms with Crippen molar-refractivity contribution in [3.05, 3.63) is 54.2 Å². The van der Waals surface area contributed by atoms with Crippen LogP contribution in [0.25, 0.3) is 0 Å². The zero-order valence-corrected chi connectivity index (χ0v) is 16.0. The van der Waals surface area contributed by atoms with Crippen LogP contribution >= 0.6 is 11.8 Å². The summed E-state index contributed by atoms with van der Waals surface area (Å²) in [4.78, 5) is 21.6. The van der Waals surface area contributed by atoms with Crippen LogP contribution in [-0.4, -0.2) is 42.7 Å². The molecule has 0 bridgehead atoms. The van der Waals surface area contributed by atoms with Gasteiger partial charge in [0.05, 0.1) is 0 Å². The minimum absolute atomic E-state index is 0.0781. The summed E-state index contributed by atoms with van der Waals surface area (Å²) in [5, 5.41) is 9.18. The predicted molar refractivity (Wildman–Crippen MR) is 109 cm³/mol.